The Labute approximate surface area is 110 Å². The van der Waals surface area contributed by atoms with Crippen LogP contribution in [-0.4, -0.2) is 61.4 Å². The number of nitrogens with one attached hydrogen (secondary N) is 1. The summed E-state index contributed by atoms with van der Waals surface area (Å²) in [6.07, 6.45) is 1.30. The van der Waals surface area contributed by atoms with Crippen molar-refractivity contribution in [3.05, 3.63) is 0 Å². The first-order valence-corrected chi connectivity index (χ1v) is 6.63. The molecule has 5 heteroatoms. The molecule has 0 aromatic heterocycles. The monoisotopic (exact) mass is 260 g/mol. The lowest BCUT2D eigenvalue weighted by molar-refractivity contribution is -0.126. The van der Waals surface area contributed by atoms with Crippen LogP contribution in [0.2, 0.25) is 0 Å². The van der Waals surface area contributed by atoms with Crippen molar-refractivity contribution in [2.75, 3.05) is 27.3 Å². The summed E-state index contributed by atoms with van der Waals surface area (Å²) >= 11 is 0. The Morgan fingerprint density at radius 3 is 2.39 bits per heavy atom. The van der Waals surface area contributed by atoms with Gasteiger partial charge in [0.1, 0.15) is 0 Å². The van der Waals surface area contributed by atoms with Crippen molar-refractivity contribution in [3.63, 3.8) is 0 Å². The maximum absolute atomic E-state index is 12.0. The minimum atomic E-state index is -0.566. The van der Waals surface area contributed by atoms with Gasteiger partial charge in [-0.2, -0.15) is 0 Å². The molecule has 0 saturated carbocycles. The van der Waals surface area contributed by atoms with Crippen LogP contribution in [0, 0.1) is 0 Å². The van der Waals surface area contributed by atoms with E-state index in [1.165, 1.54) is 0 Å². The van der Waals surface area contributed by atoms with E-state index < -0.39 is 6.10 Å². The summed E-state index contributed by atoms with van der Waals surface area (Å²) in [6.45, 7) is 6.67. The zero-order chi connectivity index (χ0) is 14.1. The summed E-state index contributed by atoms with van der Waals surface area (Å²) in [4.78, 5) is 13.8. The lowest BCUT2D eigenvalue weighted by Gasteiger charge is -2.27. The molecule has 0 radical (unpaired) electrons. The van der Waals surface area contributed by atoms with E-state index in [0.29, 0.717) is 6.54 Å². The summed E-state index contributed by atoms with van der Waals surface area (Å²) in [5.41, 5.74) is 0. The number of carbonyl (C=O) groups is 1. The standard InChI is InChI=1S/C13H28N2O3/c1-6-11(7-2)14-13(17)10(3)15(4)8-12(16)9-18-5/h10-12,16H,6-9H2,1-5H3,(H,14,17). The average molecular weight is 260 g/mol. The number of aliphatic hydroxyl groups is 1. The Bertz CT molecular complexity index is 232. The van der Waals surface area contributed by atoms with E-state index in [1.807, 2.05) is 18.9 Å². The molecule has 18 heavy (non-hydrogen) atoms. The summed E-state index contributed by atoms with van der Waals surface area (Å²) in [7, 11) is 3.38. The van der Waals surface area contributed by atoms with Gasteiger partial charge in [0.2, 0.25) is 5.91 Å². The first kappa shape index (κ1) is 17.4. The average Bonchev–Trinajstić information content (AvgIpc) is 2.34. The van der Waals surface area contributed by atoms with Crippen LogP contribution >= 0.6 is 0 Å². The number of ether oxygens (including phenoxy) is 1. The minimum Gasteiger partial charge on any atom is -0.389 e. The van der Waals surface area contributed by atoms with E-state index >= 15 is 0 Å². The number of aliphatic hydroxyl groups excluding tert-OH is 1. The van der Waals surface area contributed by atoms with Crippen molar-refractivity contribution in [1.82, 2.24) is 10.2 Å². The summed E-state index contributed by atoms with van der Waals surface area (Å²) in [5, 5.41) is 12.6. The number of hydrogen-bond donors (Lipinski definition) is 2. The van der Waals surface area contributed by atoms with Gasteiger partial charge in [-0.05, 0) is 26.8 Å². The Kier molecular flexibility index (Phi) is 8.97. The van der Waals surface area contributed by atoms with Crippen LogP contribution in [-0.2, 0) is 9.53 Å². The van der Waals surface area contributed by atoms with Crippen LogP contribution in [0.3, 0.4) is 0 Å². The first-order valence-electron chi connectivity index (χ1n) is 6.63. The van der Waals surface area contributed by atoms with Gasteiger partial charge < -0.3 is 15.2 Å². The summed E-state index contributed by atoms with van der Waals surface area (Å²) in [5.74, 6) is 0.0100. The van der Waals surface area contributed by atoms with Gasteiger partial charge >= 0.3 is 0 Å². The molecular formula is C13H28N2O3. The van der Waals surface area contributed by atoms with E-state index in [9.17, 15) is 9.90 Å². The van der Waals surface area contributed by atoms with Crippen molar-refractivity contribution in [1.29, 1.82) is 0 Å². The number of amides is 1. The van der Waals surface area contributed by atoms with Crippen molar-refractivity contribution in [3.8, 4) is 0 Å². The summed E-state index contributed by atoms with van der Waals surface area (Å²) < 4.78 is 4.87. The molecule has 0 saturated heterocycles. The number of methoxy groups -OCH3 is 1. The van der Waals surface area contributed by atoms with Crippen LogP contribution in [0.25, 0.3) is 0 Å². The lowest BCUT2D eigenvalue weighted by atomic mass is 10.1. The molecule has 0 aromatic rings. The Balaban J connectivity index is 4.18. The zero-order valence-corrected chi connectivity index (χ0v) is 12.3. The number of carbonyl (C=O) groups excluding carboxylic acids is 1. The molecule has 0 spiro atoms. The fourth-order valence-corrected chi connectivity index (χ4v) is 1.75. The number of rotatable bonds is 9. The molecule has 0 bridgehead atoms. The topological polar surface area (TPSA) is 61.8 Å². The van der Waals surface area contributed by atoms with E-state index in [4.69, 9.17) is 4.74 Å². The molecule has 0 rings (SSSR count). The highest BCUT2D eigenvalue weighted by Gasteiger charge is 2.21. The van der Waals surface area contributed by atoms with Crippen LogP contribution in [0.4, 0.5) is 0 Å². The van der Waals surface area contributed by atoms with Crippen LogP contribution in [0.1, 0.15) is 33.6 Å². The van der Waals surface area contributed by atoms with Gasteiger partial charge in [0.25, 0.3) is 0 Å². The molecule has 0 aromatic carbocycles. The largest absolute Gasteiger partial charge is 0.389 e. The third-order valence-corrected chi connectivity index (χ3v) is 3.23. The molecule has 0 aliphatic carbocycles. The van der Waals surface area contributed by atoms with Gasteiger partial charge in [0.05, 0.1) is 18.8 Å². The second kappa shape index (κ2) is 9.30. The molecule has 2 N–H and O–H groups in total. The normalized spacial score (nSPS) is 14.9. The van der Waals surface area contributed by atoms with E-state index in [0.717, 1.165) is 12.8 Å². The van der Waals surface area contributed by atoms with Crippen LogP contribution in [0.5, 0.6) is 0 Å². The highest BCUT2D eigenvalue weighted by molar-refractivity contribution is 5.81. The van der Waals surface area contributed by atoms with Crippen molar-refractivity contribution >= 4 is 5.91 Å². The molecule has 0 aliphatic rings. The quantitative estimate of drug-likeness (QED) is 0.638. The number of nitrogens with zero attached hydrogens (tertiary/aromatic N) is 1. The third kappa shape index (κ3) is 6.33. The van der Waals surface area contributed by atoms with Gasteiger partial charge in [-0.15, -0.1) is 0 Å². The number of hydrogen-bond acceptors (Lipinski definition) is 4. The molecule has 2 unspecified atom stereocenters. The number of likely N-dealkylation sites (N-methyl/N-ethyl adjacent to an activating group) is 1. The molecule has 108 valence electrons. The SMILES string of the molecule is CCC(CC)NC(=O)C(C)N(C)CC(O)COC. The van der Waals surface area contributed by atoms with Gasteiger partial charge in [0, 0.05) is 19.7 Å². The van der Waals surface area contributed by atoms with Crippen molar-refractivity contribution < 1.29 is 14.6 Å². The fraction of sp³-hybridized carbons (Fsp3) is 0.923. The van der Waals surface area contributed by atoms with E-state index in [2.05, 4.69) is 19.2 Å². The van der Waals surface area contributed by atoms with Crippen molar-refractivity contribution in [2.45, 2.75) is 51.8 Å². The van der Waals surface area contributed by atoms with Crippen molar-refractivity contribution in [2.24, 2.45) is 0 Å². The molecule has 0 fully saturated rings. The maximum Gasteiger partial charge on any atom is 0.237 e. The van der Waals surface area contributed by atoms with Crippen LogP contribution < -0.4 is 5.32 Å². The maximum atomic E-state index is 12.0. The zero-order valence-electron chi connectivity index (χ0n) is 12.3. The van der Waals surface area contributed by atoms with Gasteiger partial charge in [-0.1, -0.05) is 13.8 Å². The highest BCUT2D eigenvalue weighted by atomic mass is 16.5. The molecule has 1 amide bonds. The molecule has 0 heterocycles. The minimum absolute atomic E-state index is 0.0100. The predicted octanol–water partition coefficient (Wildman–Crippen LogP) is 0.619. The Morgan fingerprint density at radius 2 is 1.94 bits per heavy atom. The second-order valence-electron chi connectivity index (χ2n) is 4.75. The van der Waals surface area contributed by atoms with E-state index in [1.54, 1.807) is 7.11 Å². The first-order chi connectivity index (χ1) is 8.46. The summed E-state index contributed by atoms with van der Waals surface area (Å²) in [6, 6.07) is -0.0191. The smallest absolute Gasteiger partial charge is 0.237 e. The molecule has 5 nitrogen and oxygen atoms in total. The van der Waals surface area contributed by atoms with Crippen LogP contribution in [0.15, 0.2) is 0 Å². The molecule has 2 atom stereocenters. The van der Waals surface area contributed by atoms with Gasteiger partial charge in [-0.25, -0.2) is 0 Å². The Hall–Kier alpha value is -0.650. The second-order valence-corrected chi connectivity index (χ2v) is 4.75. The highest BCUT2D eigenvalue weighted by Crippen LogP contribution is 2.02. The lowest BCUT2D eigenvalue weighted by Crippen LogP contribution is -2.48. The van der Waals surface area contributed by atoms with Gasteiger partial charge in [-0.3, -0.25) is 9.69 Å². The van der Waals surface area contributed by atoms with E-state index in [-0.39, 0.29) is 24.6 Å². The predicted molar refractivity (Wildman–Crippen MR) is 72.5 cm³/mol. The Morgan fingerprint density at radius 1 is 1.39 bits per heavy atom. The molecular weight excluding hydrogens is 232 g/mol. The fourth-order valence-electron chi connectivity index (χ4n) is 1.75. The van der Waals surface area contributed by atoms with Gasteiger partial charge in [0.15, 0.2) is 0 Å². The molecule has 0 aliphatic heterocycles. The third-order valence-electron chi connectivity index (χ3n) is 3.23.